The molecule has 0 saturated carbocycles. The fourth-order valence-electron chi connectivity index (χ4n) is 1.38. The summed E-state index contributed by atoms with van der Waals surface area (Å²) >= 11 is 11.8. The number of carbonyl (C=O) groups excluding carboxylic acids is 1. The molecule has 0 atom stereocenters. The second kappa shape index (κ2) is 6.64. The molecule has 0 spiro atoms. The first kappa shape index (κ1) is 14.0. The van der Waals surface area contributed by atoms with Crippen molar-refractivity contribution < 1.29 is 9.90 Å². The summed E-state index contributed by atoms with van der Waals surface area (Å²) < 4.78 is 0. The monoisotopic (exact) mass is 273 g/mol. The van der Waals surface area contributed by atoms with Gasteiger partial charge in [0.1, 0.15) is 0 Å². The number of carbonyl (C=O) groups is 1. The molecule has 17 heavy (non-hydrogen) atoms. The first-order valence-corrected chi connectivity index (χ1v) is 5.81. The first-order valence-electron chi connectivity index (χ1n) is 5.06. The number of nitrogens with zero attached hydrogens (tertiary/aromatic N) is 1. The molecule has 0 aliphatic carbocycles. The average molecular weight is 274 g/mol. The number of aliphatic hydroxyl groups is 1. The molecule has 0 bridgehead atoms. The van der Waals surface area contributed by atoms with Crippen LogP contribution in [0.2, 0.25) is 10.0 Å². The minimum absolute atomic E-state index is 0.113. The van der Waals surface area contributed by atoms with Crippen LogP contribution in [0.25, 0.3) is 0 Å². The second-order valence-corrected chi connectivity index (χ2v) is 4.23. The fraction of sp³-hybridized carbons (Fsp3) is 0.250. The highest BCUT2D eigenvalue weighted by atomic mass is 35.5. The molecule has 1 N–H and O–H groups in total. The van der Waals surface area contributed by atoms with Crippen molar-refractivity contribution >= 4 is 29.1 Å². The zero-order chi connectivity index (χ0) is 12.8. The lowest BCUT2D eigenvalue weighted by atomic mass is 10.2. The molecule has 5 heteroatoms. The summed E-state index contributed by atoms with van der Waals surface area (Å²) in [5.41, 5.74) is 0.328. The van der Waals surface area contributed by atoms with E-state index in [1.54, 1.807) is 18.2 Å². The van der Waals surface area contributed by atoms with E-state index in [0.29, 0.717) is 22.2 Å². The minimum atomic E-state index is -0.272. The molecule has 0 aromatic heterocycles. The molecular formula is C12H13Cl2NO2. The Hall–Kier alpha value is -1.03. The van der Waals surface area contributed by atoms with Crippen LogP contribution >= 0.6 is 23.2 Å². The van der Waals surface area contributed by atoms with Gasteiger partial charge in [0.2, 0.25) is 0 Å². The van der Waals surface area contributed by atoms with Crippen LogP contribution in [0.5, 0.6) is 0 Å². The molecule has 1 rings (SSSR count). The molecule has 1 aromatic carbocycles. The van der Waals surface area contributed by atoms with E-state index >= 15 is 0 Å². The Bertz CT molecular complexity index is 421. The van der Waals surface area contributed by atoms with Crippen molar-refractivity contribution in [1.29, 1.82) is 0 Å². The van der Waals surface area contributed by atoms with Gasteiger partial charge in [0.25, 0.3) is 5.91 Å². The van der Waals surface area contributed by atoms with Crippen molar-refractivity contribution in [2.24, 2.45) is 0 Å². The maximum absolute atomic E-state index is 12.1. The van der Waals surface area contributed by atoms with Crippen LogP contribution in [0, 0.1) is 0 Å². The van der Waals surface area contributed by atoms with Crippen molar-refractivity contribution in [2.45, 2.75) is 0 Å². The number of benzene rings is 1. The van der Waals surface area contributed by atoms with Gasteiger partial charge in [-0.1, -0.05) is 29.3 Å². The Morgan fingerprint density at radius 2 is 2.18 bits per heavy atom. The highest BCUT2D eigenvalue weighted by Crippen LogP contribution is 2.22. The fourth-order valence-corrected chi connectivity index (χ4v) is 1.75. The van der Waals surface area contributed by atoms with Gasteiger partial charge < -0.3 is 10.0 Å². The summed E-state index contributed by atoms with van der Waals surface area (Å²) in [6.07, 6.45) is 1.59. The predicted octanol–water partition coefficient (Wildman–Crippen LogP) is 2.61. The molecule has 1 amide bonds. The molecule has 0 heterocycles. The Kier molecular flexibility index (Phi) is 5.48. The topological polar surface area (TPSA) is 40.5 Å². The maximum Gasteiger partial charge on any atom is 0.255 e. The average Bonchev–Trinajstić information content (AvgIpc) is 2.31. The molecule has 0 fully saturated rings. The van der Waals surface area contributed by atoms with Crippen LogP contribution < -0.4 is 0 Å². The SMILES string of the molecule is C=CCN(CCO)C(=O)c1cc(Cl)ccc1Cl. The van der Waals surface area contributed by atoms with Gasteiger partial charge in [-0.05, 0) is 18.2 Å². The number of rotatable bonds is 5. The Morgan fingerprint density at radius 3 is 2.76 bits per heavy atom. The van der Waals surface area contributed by atoms with Crippen LogP contribution in [0.15, 0.2) is 30.9 Å². The summed E-state index contributed by atoms with van der Waals surface area (Å²) in [6.45, 7) is 4.03. The zero-order valence-electron chi connectivity index (χ0n) is 9.20. The molecule has 3 nitrogen and oxygen atoms in total. The Morgan fingerprint density at radius 1 is 1.47 bits per heavy atom. The normalized spacial score (nSPS) is 10.1. The van der Waals surface area contributed by atoms with Gasteiger partial charge in [-0.2, -0.15) is 0 Å². The van der Waals surface area contributed by atoms with Gasteiger partial charge in [0.05, 0.1) is 17.2 Å². The van der Waals surface area contributed by atoms with E-state index in [1.165, 1.54) is 11.0 Å². The van der Waals surface area contributed by atoms with Gasteiger partial charge in [-0.3, -0.25) is 4.79 Å². The van der Waals surface area contributed by atoms with E-state index in [-0.39, 0.29) is 19.1 Å². The Balaban J connectivity index is 2.99. The molecule has 0 aliphatic heterocycles. The van der Waals surface area contributed by atoms with Crippen LogP contribution in [0.1, 0.15) is 10.4 Å². The number of aliphatic hydroxyl groups excluding tert-OH is 1. The quantitative estimate of drug-likeness (QED) is 0.838. The highest BCUT2D eigenvalue weighted by molar-refractivity contribution is 6.35. The summed E-state index contributed by atoms with van der Waals surface area (Å²) in [5, 5.41) is 9.68. The lowest BCUT2D eigenvalue weighted by Gasteiger charge is -2.20. The molecule has 92 valence electrons. The van der Waals surface area contributed by atoms with E-state index < -0.39 is 0 Å². The van der Waals surface area contributed by atoms with E-state index in [0.717, 1.165) is 0 Å². The lowest BCUT2D eigenvalue weighted by Crippen LogP contribution is -2.33. The second-order valence-electron chi connectivity index (χ2n) is 3.39. The van der Waals surface area contributed by atoms with Crippen molar-refractivity contribution in [3.05, 3.63) is 46.5 Å². The van der Waals surface area contributed by atoms with Crippen molar-refractivity contribution in [3.8, 4) is 0 Å². The molecule has 0 unspecified atom stereocenters. The predicted molar refractivity (Wildman–Crippen MR) is 69.6 cm³/mol. The smallest absolute Gasteiger partial charge is 0.255 e. The van der Waals surface area contributed by atoms with E-state index in [4.69, 9.17) is 28.3 Å². The molecule has 0 aliphatic rings. The van der Waals surface area contributed by atoms with Gasteiger partial charge in [-0.25, -0.2) is 0 Å². The van der Waals surface area contributed by atoms with Gasteiger partial charge >= 0.3 is 0 Å². The van der Waals surface area contributed by atoms with Crippen LogP contribution in [0.3, 0.4) is 0 Å². The largest absolute Gasteiger partial charge is 0.395 e. The first-order chi connectivity index (χ1) is 8.10. The molecule has 0 saturated heterocycles. The minimum Gasteiger partial charge on any atom is -0.395 e. The van der Waals surface area contributed by atoms with Gasteiger partial charge in [0, 0.05) is 18.1 Å². The third-order valence-electron chi connectivity index (χ3n) is 2.17. The third kappa shape index (κ3) is 3.73. The number of halogens is 2. The van der Waals surface area contributed by atoms with Crippen LogP contribution in [-0.2, 0) is 0 Å². The third-order valence-corrected chi connectivity index (χ3v) is 2.73. The number of hydrogen-bond acceptors (Lipinski definition) is 2. The number of amides is 1. The highest BCUT2D eigenvalue weighted by Gasteiger charge is 2.17. The van der Waals surface area contributed by atoms with Gasteiger partial charge in [0.15, 0.2) is 0 Å². The van der Waals surface area contributed by atoms with Crippen molar-refractivity contribution in [3.63, 3.8) is 0 Å². The molecular weight excluding hydrogens is 261 g/mol. The molecule has 1 aromatic rings. The summed E-state index contributed by atoms with van der Waals surface area (Å²) in [6, 6.07) is 4.70. The molecule has 0 radical (unpaired) electrons. The standard InChI is InChI=1S/C12H13Cl2NO2/c1-2-5-15(6-7-16)12(17)10-8-9(13)3-4-11(10)14/h2-4,8,16H,1,5-7H2. The van der Waals surface area contributed by atoms with Gasteiger partial charge in [-0.15, -0.1) is 6.58 Å². The number of hydrogen-bond donors (Lipinski definition) is 1. The summed E-state index contributed by atoms with van der Waals surface area (Å²) in [7, 11) is 0. The lowest BCUT2D eigenvalue weighted by molar-refractivity contribution is 0.0743. The van der Waals surface area contributed by atoms with E-state index in [2.05, 4.69) is 6.58 Å². The Labute approximate surface area is 110 Å². The van der Waals surface area contributed by atoms with E-state index in [1.807, 2.05) is 0 Å². The van der Waals surface area contributed by atoms with Crippen molar-refractivity contribution in [1.82, 2.24) is 4.90 Å². The zero-order valence-corrected chi connectivity index (χ0v) is 10.7. The summed E-state index contributed by atoms with van der Waals surface area (Å²) in [5.74, 6) is -0.272. The van der Waals surface area contributed by atoms with Crippen molar-refractivity contribution in [2.75, 3.05) is 19.7 Å². The van der Waals surface area contributed by atoms with Crippen LogP contribution in [-0.4, -0.2) is 35.6 Å². The maximum atomic E-state index is 12.1. The van der Waals surface area contributed by atoms with Crippen LogP contribution in [0.4, 0.5) is 0 Å². The summed E-state index contributed by atoms with van der Waals surface area (Å²) in [4.78, 5) is 13.6. The van der Waals surface area contributed by atoms with E-state index in [9.17, 15) is 4.79 Å².